The lowest BCUT2D eigenvalue weighted by atomic mass is 10.2. The van der Waals surface area contributed by atoms with Crippen LogP contribution in [0.1, 0.15) is 20.8 Å². The zero-order valence-electron chi connectivity index (χ0n) is 11.1. The fraction of sp³-hybridized carbons (Fsp3) is 0.308. The van der Waals surface area contributed by atoms with Crippen LogP contribution in [0.25, 0.3) is 5.69 Å². The lowest BCUT2D eigenvalue weighted by Crippen LogP contribution is -2.27. The zero-order chi connectivity index (χ0) is 13.9. The van der Waals surface area contributed by atoms with Gasteiger partial charge in [0.25, 0.3) is 0 Å². The van der Waals surface area contributed by atoms with Crippen LogP contribution >= 0.6 is 0 Å². The number of carbonyl (C=O) groups excluding carboxylic acids is 1. The number of hydrogen-bond acceptors (Lipinski definition) is 4. The van der Waals surface area contributed by atoms with Gasteiger partial charge in [0.1, 0.15) is 18.3 Å². The summed E-state index contributed by atoms with van der Waals surface area (Å²) in [6.45, 7) is 5.46. The maximum absolute atomic E-state index is 11.6. The van der Waals surface area contributed by atoms with E-state index in [1.54, 1.807) is 23.1 Å². The van der Waals surface area contributed by atoms with E-state index in [0.717, 1.165) is 5.69 Å². The number of benzene rings is 1. The summed E-state index contributed by atoms with van der Waals surface area (Å²) in [5, 5.41) is 6.68. The highest BCUT2D eigenvalue weighted by molar-refractivity contribution is 5.84. The van der Waals surface area contributed by atoms with E-state index in [2.05, 4.69) is 15.4 Å². The number of amides is 1. The van der Waals surface area contributed by atoms with Crippen molar-refractivity contribution >= 4 is 11.8 Å². The van der Waals surface area contributed by atoms with E-state index in [4.69, 9.17) is 4.74 Å². The molecule has 1 aromatic carbocycles. The van der Waals surface area contributed by atoms with Crippen molar-refractivity contribution in [2.24, 2.45) is 0 Å². The molecule has 2 aromatic rings. The molecule has 6 heteroatoms. The Hall–Kier alpha value is -2.37. The normalized spacial score (nSPS) is 11.1. The Labute approximate surface area is 111 Å². The van der Waals surface area contributed by atoms with Crippen molar-refractivity contribution in [2.45, 2.75) is 26.4 Å². The fourth-order valence-corrected chi connectivity index (χ4v) is 1.46. The number of carbonyl (C=O) groups is 1. The maximum Gasteiger partial charge on any atom is 0.412 e. The molecule has 0 bridgehead atoms. The predicted molar refractivity (Wildman–Crippen MR) is 71.2 cm³/mol. The van der Waals surface area contributed by atoms with E-state index in [-0.39, 0.29) is 0 Å². The van der Waals surface area contributed by atoms with Crippen molar-refractivity contribution < 1.29 is 9.53 Å². The van der Waals surface area contributed by atoms with Gasteiger partial charge >= 0.3 is 6.09 Å². The van der Waals surface area contributed by atoms with E-state index in [0.29, 0.717) is 5.69 Å². The number of rotatable bonds is 2. The van der Waals surface area contributed by atoms with Gasteiger partial charge in [0.2, 0.25) is 0 Å². The predicted octanol–water partition coefficient (Wildman–Crippen LogP) is 2.61. The van der Waals surface area contributed by atoms with Crippen LogP contribution in [-0.4, -0.2) is 26.5 Å². The van der Waals surface area contributed by atoms with Gasteiger partial charge in [-0.1, -0.05) is 0 Å². The summed E-state index contributed by atoms with van der Waals surface area (Å²) < 4.78 is 6.80. The Morgan fingerprint density at radius 3 is 2.47 bits per heavy atom. The first kappa shape index (κ1) is 13.1. The highest BCUT2D eigenvalue weighted by Crippen LogP contribution is 2.14. The van der Waals surface area contributed by atoms with Gasteiger partial charge in [0.05, 0.1) is 5.69 Å². The fourth-order valence-electron chi connectivity index (χ4n) is 1.46. The van der Waals surface area contributed by atoms with Gasteiger partial charge in [-0.3, -0.25) is 5.32 Å². The van der Waals surface area contributed by atoms with Gasteiger partial charge in [-0.2, -0.15) is 5.10 Å². The molecule has 1 aromatic heterocycles. The molecule has 2 rings (SSSR count). The Morgan fingerprint density at radius 2 is 1.95 bits per heavy atom. The number of anilines is 1. The van der Waals surface area contributed by atoms with Crippen LogP contribution in [0.2, 0.25) is 0 Å². The summed E-state index contributed by atoms with van der Waals surface area (Å²) in [5.74, 6) is 0. The number of aromatic nitrogens is 3. The average Bonchev–Trinajstić information content (AvgIpc) is 2.80. The molecular weight excluding hydrogens is 244 g/mol. The van der Waals surface area contributed by atoms with Crippen molar-refractivity contribution in [3.8, 4) is 5.69 Å². The third-order valence-electron chi connectivity index (χ3n) is 2.20. The second-order valence-corrected chi connectivity index (χ2v) is 5.01. The molecule has 0 aliphatic rings. The molecular formula is C13H16N4O2. The summed E-state index contributed by atoms with van der Waals surface area (Å²) >= 11 is 0. The maximum atomic E-state index is 11.6. The van der Waals surface area contributed by atoms with E-state index in [1.165, 1.54) is 6.33 Å². The summed E-state index contributed by atoms with van der Waals surface area (Å²) in [5.41, 5.74) is 1.02. The van der Waals surface area contributed by atoms with Crippen molar-refractivity contribution in [1.82, 2.24) is 14.8 Å². The smallest absolute Gasteiger partial charge is 0.412 e. The lowest BCUT2D eigenvalue weighted by Gasteiger charge is -2.19. The minimum Gasteiger partial charge on any atom is -0.444 e. The van der Waals surface area contributed by atoms with Gasteiger partial charge in [-0.15, -0.1) is 0 Å². The van der Waals surface area contributed by atoms with Gasteiger partial charge in [0.15, 0.2) is 0 Å². The first-order valence-electron chi connectivity index (χ1n) is 5.89. The van der Waals surface area contributed by atoms with Crippen LogP contribution in [-0.2, 0) is 4.74 Å². The third kappa shape index (κ3) is 3.80. The van der Waals surface area contributed by atoms with Gasteiger partial charge in [-0.05, 0) is 45.0 Å². The Balaban J connectivity index is 2.01. The third-order valence-corrected chi connectivity index (χ3v) is 2.20. The van der Waals surface area contributed by atoms with Crippen molar-refractivity contribution in [3.05, 3.63) is 36.9 Å². The van der Waals surface area contributed by atoms with Gasteiger partial charge in [-0.25, -0.2) is 14.5 Å². The van der Waals surface area contributed by atoms with Crippen LogP contribution in [0.4, 0.5) is 10.5 Å². The molecule has 0 spiro atoms. The Kier molecular flexibility index (Phi) is 3.50. The molecule has 6 nitrogen and oxygen atoms in total. The minimum absolute atomic E-state index is 0.471. The first-order valence-corrected chi connectivity index (χ1v) is 5.89. The molecule has 0 radical (unpaired) electrons. The molecule has 1 N–H and O–H groups in total. The van der Waals surface area contributed by atoms with E-state index >= 15 is 0 Å². The van der Waals surface area contributed by atoms with Crippen molar-refractivity contribution in [2.75, 3.05) is 5.32 Å². The number of nitrogens with one attached hydrogen (secondary N) is 1. The van der Waals surface area contributed by atoms with Crippen LogP contribution in [0.3, 0.4) is 0 Å². The molecule has 1 amide bonds. The topological polar surface area (TPSA) is 69.0 Å². The summed E-state index contributed by atoms with van der Waals surface area (Å²) in [7, 11) is 0. The molecule has 0 aliphatic carbocycles. The van der Waals surface area contributed by atoms with Gasteiger partial charge < -0.3 is 4.74 Å². The van der Waals surface area contributed by atoms with Crippen LogP contribution in [0.5, 0.6) is 0 Å². The molecule has 0 saturated carbocycles. The Morgan fingerprint density at radius 1 is 1.26 bits per heavy atom. The molecule has 1 heterocycles. The van der Waals surface area contributed by atoms with E-state index < -0.39 is 11.7 Å². The summed E-state index contributed by atoms with van der Waals surface area (Å²) in [6, 6.07) is 7.23. The quantitative estimate of drug-likeness (QED) is 0.901. The molecule has 100 valence electrons. The zero-order valence-corrected chi connectivity index (χ0v) is 11.1. The first-order chi connectivity index (χ1) is 8.94. The molecule has 0 aliphatic heterocycles. The average molecular weight is 260 g/mol. The number of ether oxygens (including phenoxy) is 1. The lowest BCUT2D eigenvalue weighted by molar-refractivity contribution is 0.0636. The highest BCUT2D eigenvalue weighted by Gasteiger charge is 2.16. The minimum atomic E-state index is -0.509. The van der Waals surface area contributed by atoms with Crippen molar-refractivity contribution in [1.29, 1.82) is 0 Å². The molecule has 0 unspecified atom stereocenters. The van der Waals surface area contributed by atoms with E-state index in [9.17, 15) is 4.79 Å². The standard InChI is InChI=1S/C13H16N4O2/c1-13(2,3)19-12(18)16-10-4-6-11(7-5-10)17-9-14-8-15-17/h4-9H,1-3H3,(H,16,18). The van der Waals surface area contributed by atoms with Crippen LogP contribution in [0.15, 0.2) is 36.9 Å². The van der Waals surface area contributed by atoms with E-state index in [1.807, 2.05) is 32.9 Å². The number of hydrogen-bond donors (Lipinski definition) is 1. The highest BCUT2D eigenvalue weighted by atomic mass is 16.6. The van der Waals surface area contributed by atoms with Crippen LogP contribution in [0, 0.1) is 0 Å². The largest absolute Gasteiger partial charge is 0.444 e. The monoisotopic (exact) mass is 260 g/mol. The second kappa shape index (κ2) is 5.09. The molecule has 19 heavy (non-hydrogen) atoms. The summed E-state index contributed by atoms with van der Waals surface area (Å²) in [6.07, 6.45) is 2.60. The molecule has 0 atom stereocenters. The van der Waals surface area contributed by atoms with Crippen molar-refractivity contribution in [3.63, 3.8) is 0 Å². The summed E-state index contributed by atoms with van der Waals surface area (Å²) in [4.78, 5) is 15.5. The van der Waals surface area contributed by atoms with Crippen LogP contribution < -0.4 is 5.32 Å². The van der Waals surface area contributed by atoms with Gasteiger partial charge in [0, 0.05) is 5.69 Å². The molecule has 0 saturated heterocycles. The second-order valence-electron chi connectivity index (χ2n) is 5.01. The SMILES string of the molecule is CC(C)(C)OC(=O)Nc1ccc(-n2cncn2)cc1. The molecule has 0 fully saturated rings. The number of nitrogens with zero attached hydrogens (tertiary/aromatic N) is 3. The Bertz CT molecular complexity index is 541.